The lowest BCUT2D eigenvalue weighted by Gasteiger charge is -2.32. The van der Waals surface area contributed by atoms with Crippen molar-refractivity contribution in [1.82, 2.24) is 10.2 Å². The predicted octanol–water partition coefficient (Wildman–Crippen LogP) is 1.84. The summed E-state index contributed by atoms with van der Waals surface area (Å²) >= 11 is 0. The molecule has 0 aromatic heterocycles. The minimum Gasteiger partial charge on any atom is -0.480 e. The molecule has 6 nitrogen and oxygen atoms in total. The Kier molecular flexibility index (Phi) is 7.36. The SMILES string of the molecule is CCCCC(C)NC(=O)N1CCC(OCC(=O)O)CC1. The van der Waals surface area contributed by atoms with Gasteiger partial charge in [0.25, 0.3) is 0 Å². The number of aliphatic carboxylic acids is 1. The van der Waals surface area contributed by atoms with Crippen molar-refractivity contribution in [3.8, 4) is 0 Å². The first-order chi connectivity index (χ1) is 9.52. The van der Waals surface area contributed by atoms with Crippen molar-refractivity contribution in [3.63, 3.8) is 0 Å². The topological polar surface area (TPSA) is 78.9 Å². The zero-order valence-electron chi connectivity index (χ0n) is 12.4. The first kappa shape index (κ1) is 16.8. The average Bonchev–Trinajstić information content (AvgIpc) is 2.43. The second kappa shape index (κ2) is 8.79. The molecule has 0 aliphatic carbocycles. The Morgan fingerprint density at radius 1 is 1.40 bits per heavy atom. The van der Waals surface area contributed by atoms with Crippen LogP contribution in [0, 0.1) is 0 Å². The molecule has 0 bridgehead atoms. The summed E-state index contributed by atoms with van der Waals surface area (Å²) < 4.78 is 5.25. The summed E-state index contributed by atoms with van der Waals surface area (Å²) in [7, 11) is 0. The van der Waals surface area contributed by atoms with E-state index in [9.17, 15) is 9.59 Å². The van der Waals surface area contributed by atoms with Crippen LogP contribution in [0.2, 0.25) is 0 Å². The number of piperidine rings is 1. The van der Waals surface area contributed by atoms with Gasteiger partial charge in [-0.25, -0.2) is 9.59 Å². The van der Waals surface area contributed by atoms with Crippen LogP contribution in [0.1, 0.15) is 46.0 Å². The number of rotatable bonds is 7. The third kappa shape index (κ3) is 6.23. The number of nitrogens with one attached hydrogen (secondary N) is 1. The minimum absolute atomic E-state index is 0.0229. The Morgan fingerprint density at radius 2 is 2.05 bits per heavy atom. The third-order valence-corrected chi connectivity index (χ3v) is 3.53. The van der Waals surface area contributed by atoms with Crippen molar-refractivity contribution in [2.75, 3.05) is 19.7 Å². The molecule has 1 heterocycles. The molecule has 2 amide bonds. The van der Waals surface area contributed by atoms with Gasteiger partial charge in [-0.2, -0.15) is 0 Å². The van der Waals surface area contributed by atoms with Crippen molar-refractivity contribution >= 4 is 12.0 Å². The summed E-state index contributed by atoms with van der Waals surface area (Å²) in [6, 6.07) is 0.175. The predicted molar refractivity (Wildman–Crippen MR) is 75.7 cm³/mol. The van der Waals surface area contributed by atoms with E-state index in [0.717, 1.165) is 19.3 Å². The molecule has 1 saturated heterocycles. The van der Waals surface area contributed by atoms with Gasteiger partial charge in [-0.3, -0.25) is 0 Å². The number of urea groups is 1. The van der Waals surface area contributed by atoms with E-state index in [4.69, 9.17) is 9.84 Å². The van der Waals surface area contributed by atoms with Crippen LogP contribution in [-0.2, 0) is 9.53 Å². The monoisotopic (exact) mass is 286 g/mol. The zero-order chi connectivity index (χ0) is 15.0. The number of carbonyl (C=O) groups is 2. The van der Waals surface area contributed by atoms with Crippen LogP contribution >= 0.6 is 0 Å². The van der Waals surface area contributed by atoms with E-state index in [2.05, 4.69) is 12.2 Å². The molecule has 0 spiro atoms. The van der Waals surface area contributed by atoms with Crippen molar-refractivity contribution in [1.29, 1.82) is 0 Å². The highest BCUT2D eigenvalue weighted by atomic mass is 16.5. The Labute approximate surface area is 120 Å². The molecule has 0 radical (unpaired) electrons. The van der Waals surface area contributed by atoms with Crippen LogP contribution < -0.4 is 5.32 Å². The maximum absolute atomic E-state index is 12.0. The molecule has 2 N–H and O–H groups in total. The molecule has 1 unspecified atom stereocenters. The van der Waals surface area contributed by atoms with E-state index >= 15 is 0 Å². The quantitative estimate of drug-likeness (QED) is 0.748. The van der Waals surface area contributed by atoms with Gasteiger partial charge in [0.1, 0.15) is 6.61 Å². The summed E-state index contributed by atoms with van der Waals surface area (Å²) in [5.41, 5.74) is 0. The van der Waals surface area contributed by atoms with Crippen LogP contribution in [0.5, 0.6) is 0 Å². The van der Waals surface area contributed by atoms with Gasteiger partial charge in [0.2, 0.25) is 0 Å². The normalized spacial score (nSPS) is 17.8. The van der Waals surface area contributed by atoms with Crippen molar-refractivity contribution in [3.05, 3.63) is 0 Å². The molecule has 0 saturated carbocycles. The second-order valence-electron chi connectivity index (χ2n) is 5.38. The summed E-state index contributed by atoms with van der Waals surface area (Å²) in [6.07, 6.45) is 4.60. The van der Waals surface area contributed by atoms with Crippen LogP contribution in [0.4, 0.5) is 4.79 Å². The molecule has 0 aromatic rings. The van der Waals surface area contributed by atoms with Gasteiger partial charge in [-0.1, -0.05) is 19.8 Å². The van der Waals surface area contributed by atoms with Gasteiger partial charge in [0.05, 0.1) is 6.10 Å². The lowest BCUT2D eigenvalue weighted by Crippen LogP contribution is -2.48. The first-order valence-electron chi connectivity index (χ1n) is 7.41. The standard InChI is InChI=1S/C14H26N2O4/c1-3-4-5-11(2)15-14(19)16-8-6-12(7-9-16)20-10-13(17)18/h11-12H,3-10H2,1-2H3,(H,15,19)(H,17,18). The van der Waals surface area contributed by atoms with Crippen molar-refractivity contribution in [2.24, 2.45) is 0 Å². The van der Waals surface area contributed by atoms with E-state index in [1.54, 1.807) is 4.90 Å². The molecule has 20 heavy (non-hydrogen) atoms. The van der Waals surface area contributed by atoms with Gasteiger partial charge >= 0.3 is 12.0 Å². The Balaban J connectivity index is 2.23. The molecule has 1 aliphatic rings. The number of unbranched alkanes of at least 4 members (excludes halogenated alkanes) is 1. The molecular formula is C14H26N2O4. The number of nitrogens with zero attached hydrogens (tertiary/aromatic N) is 1. The van der Waals surface area contributed by atoms with Gasteiger partial charge in [0, 0.05) is 19.1 Å². The highest BCUT2D eigenvalue weighted by molar-refractivity contribution is 5.74. The smallest absolute Gasteiger partial charge is 0.329 e. The van der Waals surface area contributed by atoms with E-state index < -0.39 is 5.97 Å². The van der Waals surface area contributed by atoms with Gasteiger partial charge in [-0.15, -0.1) is 0 Å². The second-order valence-corrected chi connectivity index (χ2v) is 5.38. The van der Waals surface area contributed by atoms with E-state index in [1.807, 2.05) is 6.92 Å². The molecule has 1 aliphatic heterocycles. The Morgan fingerprint density at radius 3 is 2.60 bits per heavy atom. The average molecular weight is 286 g/mol. The molecule has 6 heteroatoms. The van der Waals surface area contributed by atoms with Crippen molar-refractivity contribution < 1.29 is 19.4 Å². The number of ether oxygens (including phenoxy) is 1. The number of amides is 2. The lowest BCUT2D eigenvalue weighted by molar-refractivity contribution is -0.145. The van der Waals surface area contributed by atoms with E-state index in [-0.39, 0.29) is 24.8 Å². The Bertz CT molecular complexity index is 314. The zero-order valence-corrected chi connectivity index (χ0v) is 12.4. The number of carboxylic acids is 1. The lowest BCUT2D eigenvalue weighted by atomic mass is 10.1. The third-order valence-electron chi connectivity index (χ3n) is 3.53. The van der Waals surface area contributed by atoms with Crippen molar-refractivity contribution in [2.45, 2.75) is 58.1 Å². The summed E-state index contributed by atoms with van der Waals surface area (Å²) in [5.74, 6) is -0.949. The highest BCUT2D eigenvalue weighted by Crippen LogP contribution is 2.14. The fourth-order valence-corrected chi connectivity index (χ4v) is 2.30. The minimum atomic E-state index is -0.949. The number of carbonyl (C=O) groups excluding carboxylic acids is 1. The first-order valence-corrected chi connectivity index (χ1v) is 7.41. The number of likely N-dealkylation sites (tertiary alicyclic amines) is 1. The molecule has 1 fully saturated rings. The fourth-order valence-electron chi connectivity index (χ4n) is 2.30. The summed E-state index contributed by atoms with van der Waals surface area (Å²) in [6.45, 7) is 5.14. The van der Waals surface area contributed by atoms with Crippen LogP contribution in [-0.4, -0.2) is 53.8 Å². The molecule has 1 rings (SSSR count). The molecular weight excluding hydrogens is 260 g/mol. The highest BCUT2D eigenvalue weighted by Gasteiger charge is 2.24. The van der Waals surface area contributed by atoms with Crippen LogP contribution in [0.3, 0.4) is 0 Å². The van der Waals surface area contributed by atoms with Gasteiger partial charge < -0.3 is 20.1 Å². The van der Waals surface area contributed by atoms with Crippen LogP contribution in [0.15, 0.2) is 0 Å². The summed E-state index contributed by atoms with van der Waals surface area (Å²) in [4.78, 5) is 24.2. The largest absolute Gasteiger partial charge is 0.480 e. The summed E-state index contributed by atoms with van der Waals surface area (Å²) in [5, 5.41) is 11.6. The number of hydrogen-bond acceptors (Lipinski definition) is 3. The van der Waals surface area contributed by atoms with Gasteiger partial charge in [0.15, 0.2) is 0 Å². The van der Waals surface area contributed by atoms with Crippen LogP contribution in [0.25, 0.3) is 0 Å². The maximum atomic E-state index is 12.0. The van der Waals surface area contributed by atoms with E-state index in [0.29, 0.717) is 25.9 Å². The molecule has 0 aromatic carbocycles. The fraction of sp³-hybridized carbons (Fsp3) is 0.857. The Hall–Kier alpha value is -1.30. The maximum Gasteiger partial charge on any atom is 0.329 e. The number of carboxylic acid groups (broad SMARTS) is 1. The number of hydrogen-bond donors (Lipinski definition) is 2. The van der Waals surface area contributed by atoms with E-state index in [1.165, 1.54) is 0 Å². The molecule has 1 atom stereocenters. The molecule has 116 valence electrons. The van der Waals surface area contributed by atoms with Gasteiger partial charge in [-0.05, 0) is 26.2 Å².